The highest BCUT2D eigenvalue weighted by Gasteiger charge is 2.13. The van der Waals surface area contributed by atoms with Crippen LogP contribution in [0.2, 0.25) is 10.0 Å². The van der Waals surface area contributed by atoms with Crippen molar-refractivity contribution < 1.29 is 9.53 Å². The molecular formula is C22H13Cl2N3O2S. The fourth-order valence-electron chi connectivity index (χ4n) is 3.00. The van der Waals surface area contributed by atoms with Crippen LogP contribution < -0.4 is 10.1 Å². The molecule has 0 aliphatic heterocycles. The number of methoxy groups -OCH3 is 1. The third-order valence-electron chi connectivity index (χ3n) is 4.50. The number of nitrogens with zero attached hydrogens (tertiary/aromatic N) is 2. The summed E-state index contributed by atoms with van der Waals surface area (Å²) in [5, 5.41) is 16.2. The van der Waals surface area contributed by atoms with Gasteiger partial charge >= 0.3 is 0 Å². The van der Waals surface area contributed by atoms with Crippen LogP contribution in [0.15, 0.2) is 47.8 Å². The van der Waals surface area contributed by atoms with Crippen molar-refractivity contribution in [2.45, 2.75) is 0 Å². The van der Waals surface area contributed by atoms with Gasteiger partial charge in [-0.3, -0.25) is 4.79 Å². The van der Waals surface area contributed by atoms with Crippen LogP contribution in [-0.4, -0.2) is 18.4 Å². The fraction of sp³-hybridized carbons (Fsp3) is 0.0455. The minimum atomic E-state index is 0.368. The number of thiophene rings is 1. The Kier molecular flexibility index (Phi) is 5.60. The van der Waals surface area contributed by atoms with E-state index >= 15 is 0 Å². The summed E-state index contributed by atoms with van der Waals surface area (Å²) in [4.78, 5) is 16.3. The van der Waals surface area contributed by atoms with Gasteiger partial charge < -0.3 is 10.1 Å². The summed E-state index contributed by atoms with van der Waals surface area (Å²) < 4.78 is 5.24. The summed E-state index contributed by atoms with van der Waals surface area (Å²) in [5.41, 5.74) is 3.46. The molecule has 0 amide bonds. The molecule has 0 saturated carbocycles. The predicted octanol–water partition coefficient (Wildman–Crippen LogP) is 6.71. The second kappa shape index (κ2) is 8.33. The van der Waals surface area contributed by atoms with Gasteiger partial charge in [0, 0.05) is 11.5 Å². The first kappa shape index (κ1) is 20.2. The quantitative estimate of drug-likeness (QED) is 0.340. The van der Waals surface area contributed by atoms with E-state index in [9.17, 15) is 10.1 Å². The number of halogens is 2. The summed E-state index contributed by atoms with van der Waals surface area (Å²) in [7, 11) is 1.51. The Labute approximate surface area is 186 Å². The van der Waals surface area contributed by atoms with Gasteiger partial charge in [0.15, 0.2) is 6.29 Å². The first-order chi connectivity index (χ1) is 14.5. The average molecular weight is 454 g/mol. The van der Waals surface area contributed by atoms with Gasteiger partial charge in [-0.05, 0) is 40.8 Å². The highest BCUT2D eigenvalue weighted by Crippen LogP contribution is 2.36. The number of aldehydes is 1. The van der Waals surface area contributed by atoms with Crippen LogP contribution in [0, 0.1) is 11.3 Å². The van der Waals surface area contributed by atoms with Crippen LogP contribution in [0.4, 0.5) is 11.5 Å². The molecule has 148 valence electrons. The van der Waals surface area contributed by atoms with Crippen LogP contribution in [0.5, 0.6) is 5.75 Å². The fourth-order valence-corrected chi connectivity index (χ4v) is 4.23. The van der Waals surface area contributed by atoms with Crippen LogP contribution in [-0.2, 0) is 0 Å². The van der Waals surface area contributed by atoms with Crippen molar-refractivity contribution in [1.29, 1.82) is 5.26 Å². The lowest BCUT2D eigenvalue weighted by atomic mass is 10.0. The summed E-state index contributed by atoms with van der Waals surface area (Å²) in [5.74, 6) is 0.820. The second-order valence-corrected chi connectivity index (χ2v) is 8.11. The third kappa shape index (κ3) is 3.83. The number of benzene rings is 2. The molecule has 4 aromatic rings. The van der Waals surface area contributed by atoms with Crippen molar-refractivity contribution in [3.8, 4) is 22.9 Å². The first-order valence-corrected chi connectivity index (χ1v) is 10.3. The van der Waals surface area contributed by atoms with E-state index in [4.69, 9.17) is 27.9 Å². The minimum Gasteiger partial charge on any atom is -0.495 e. The Hall–Kier alpha value is -3.11. The van der Waals surface area contributed by atoms with E-state index in [0.29, 0.717) is 43.3 Å². The normalized spacial score (nSPS) is 10.6. The molecule has 0 unspecified atom stereocenters. The SMILES string of the molecule is COc1cc(Nc2nc3cc(-c4csc(C=O)c4)ccc3cc2C#N)c(Cl)cc1Cl. The molecule has 0 saturated heterocycles. The van der Waals surface area contributed by atoms with Gasteiger partial charge in [-0.25, -0.2) is 4.98 Å². The number of hydrogen-bond donors (Lipinski definition) is 1. The lowest BCUT2D eigenvalue weighted by Crippen LogP contribution is -1.99. The van der Waals surface area contributed by atoms with Crippen LogP contribution >= 0.6 is 34.5 Å². The topological polar surface area (TPSA) is 75.0 Å². The van der Waals surface area contributed by atoms with Crippen molar-refractivity contribution >= 4 is 63.2 Å². The van der Waals surface area contributed by atoms with E-state index in [2.05, 4.69) is 16.4 Å². The molecular weight excluding hydrogens is 441 g/mol. The molecule has 2 aromatic carbocycles. The van der Waals surface area contributed by atoms with Gasteiger partial charge in [0.25, 0.3) is 0 Å². The number of carbonyl (C=O) groups is 1. The van der Waals surface area contributed by atoms with E-state index in [1.54, 1.807) is 18.2 Å². The van der Waals surface area contributed by atoms with E-state index in [-0.39, 0.29) is 0 Å². The van der Waals surface area contributed by atoms with E-state index in [1.807, 2.05) is 29.6 Å². The number of anilines is 2. The van der Waals surface area contributed by atoms with Crippen LogP contribution in [0.1, 0.15) is 15.2 Å². The van der Waals surface area contributed by atoms with Gasteiger partial charge in [-0.15, -0.1) is 11.3 Å². The van der Waals surface area contributed by atoms with Crippen molar-refractivity contribution in [3.63, 3.8) is 0 Å². The smallest absolute Gasteiger partial charge is 0.160 e. The molecule has 4 rings (SSSR count). The maximum atomic E-state index is 11.0. The molecule has 5 nitrogen and oxygen atoms in total. The standard InChI is InChI=1S/C22H13Cl2N3O2S/c1-29-21-8-20(17(23)7-18(21)24)27-22-14(9-25)4-13-3-2-12(6-19(13)26-22)15-5-16(10-28)30-11-15/h2-8,10-11H,1H3,(H,26,27). The summed E-state index contributed by atoms with van der Waals surface area (Å²) in [6.07, 6.45) is 0.832. The maximum Gasteiger partial charge on any atom is 0.160 e. The number of fused-ring (bicyclic) bond motifs is 1. The number of rotatable bonds is 5. The van der Waals surface area contributed by atoms with E-state index in [0.717, 1.165) is 22.8 Å². The zero-order valence-corrected chi connectivity index (χ0v) is 17.9. The summed E-state index contributed by atoms with van der Waals surface area (Å²) in [6.45, 7) is 0. The summed E-state index contributed by atoms with van der Waals surface area (Å²) in [6, 6.07) is 14.7. The Morgan fingerprint density at radius 2 is 1.97 bits per heavy atom. The number of ether oxygens (including phenoxy) is 1. The zero-order chi connectivity index (χ0) is 21.3. The molecule has 0 spiro atoms. The largest absolute Gasteiger partial charge is 0.495 e. The predicted molar refractivity (Wildman–Crippen MR) is 121 cm³/mol. The van der Waals surface area contributed by atoms with Gasteiger partial charge in [0.1, 0.15) is 17.6 Å². The highest BCUT2D eigenvalue weighted by molar-refractivity contribution is 7.12. The van der Waals surface area contributed by atoms with Crippen molar-refractivity contribution in [2.24, 2.45) is 0 Å². The molecule has 2 heterocycles. The van der Waals surface area contributed by atoms with E-state index in [1.165, 1.54) is 18.4 Å². The number of hydrogen-bond acceptors (Lipinski definition) is 6. The van der Waals surface area contributed by atoms with Gasteiger partial charge in [-0.1, -0.05) is 35.3 Å². The van der Waals surface area contributed by atoms with Crippen LogP contribution in [0.3, 0.4) is 0 Å². The van der Waals surface area contributed by atoms with Crippen molar-refractivity contribution in [3.05, 3.63) is 68.3 Å². The van der Waals surface area contributed by atoms with Crippen LogP contribution in [0.25, 0.3) is 22.0 Å². The second-order valence-electron chi connectivity index (χ2n) is 6.35. The number of pyridine rings is 1. The van der Waals surface area contributed by atoms with Gasteiger partial charge in [-0.2, -0.15) is 5.26 Å². The monoisotopic (exact) mass is 453 g/mol. The lowest BCUT2D eigenvalue weighted by molar-refractivity contribution is 0.112. The zero-order valence-electron chi connectivity index (χ0n) is 15.6. The Bertz CT molecular complexity index is 1330. The molecule has 0 aliphatic rings. The van der Waals surface area contributed by atoms with Crippen molar-refractivity contribution in [1.82, 2.24) is 4.98 Å². The maximum absolute atomic E-state index is 11.0. The van der Waals surface area contributed by atoms with Crippen molar-refractivity contribution in [2.75, 3.05) is 12.4 Å². The number of nitrogens with one attached hydrogen (secondary N) is 1. The van der Waals surface area contributed by atoms with E-state index < -0.39 is 0 Å². The third-order valence-corrected chi connectivity index (χ3v) is 5.97. The minimum absolute atomic E-state index is 0.368. The highest BCUT2D eigenvalue weighted by atomic mass is 35.5. The molecule has 0 aliphatic carbocycles. The Morgan fingerprint density at radius 1 is 1.13 bits per heavy atom. The molecule has 0 atom stereocenters. The Morgan fingerprint density at radius 3 is 2.67 bits per heavy atom. The number of aromatic nitrogens is 1. The number of nitriles is 1. The lowest BCUT2D eigenvalue weighted by Gasteiger charge is -2.13. The molecule has 0 fully saturated rings. The Balaban J connectivity index is 1.79. The molecule has 1 N–H and O–H groups in total. The van der Waals surface area contributed by atoms with Gasteiger partial charge in [0.2, 0.25) is 0 Å². The molecule has 0 radical (unpaired) electrons. The van der Waals surface area contributed by atoms with Gasteiger partial charge in [0.05, 0.1) is 38.8 Å². The molecule has 8 heteroatoms. The number of carbonyl (C=O) groups excluding carboxylic acids is 1. The molecule has 0 bridgehead atoms. The summed E-state index contributed by atoms with van der Waals surface area (Å²) >= 11 is 13.8. The average Bonchev–Trinajstić information content (AvgIpc) is 3.24. The molecule has 30 heavy (non-hydrogen) atoms. The first-order valence-electron chi connectivity index (χ1n) is 8.71. The molecule has 2 aromatic heterocycles.